The van der Waals surface area contributed by atoms with E-state index in [4.69, 9.17) is 4.74 Å². The Hall–Kier alpha value is -0.0800. The van der Waals surface area contributed by atoms with Crippen LogP contribution in [0.25, 0.3) is 0 Å². The fourth-order valence-electron chi connectivity index (χ4n) is 2.59. The quantitative estimate of drug-likeness (QED) is 0.571. The minimum absolute atomic E-state index is 0.275. The largest absolute Gasteiger partial charge is 0.361 e. The second kappa shape index (κ2) is 3.25. The van der Waals surface area contributed by atoms with Crippen LogP contribution in [0.15, 0.2) is 0 Å². The third-order valence-corrected chi connectivity index (χ3v) is 3.36. The van der Waals surface area contributed by atoms with Crippen molar-refractivity contribution in [2.75, 3.05) is 6.73 Å². The molecule has 13 heavy (non-hydrogen) atoms. The van der Waals surface area contributed by atoms with E-state index in [0.717, 1.165) is 6.73 Å². The molecule has 0 aromatic rings. The van der Waals surface area contributed by atoms with Gasteiger partial charge in [-0.1, -0.05) is 12.8 Å². The van der Waals surface area contributed by atoms with E-state index in [1.165, 1.54) is 25.7 Å². The molecule has 0 amide bonds. The molecule has 2 atom stereocenters. The molecule has 0 aromatic heterocycles. The lowest BCUT2D eigenvalue weighted by atomic mass is 9.90. The van der Waals surface area contributed by atoms with Crippen LogP contribution in [0.3, 0.4) is 0 Å². The number of ether oxygens (including phenoxy) is 1. The molecule has 1 aliphatic heterocycles. The zero-order chi connectivity index (χ0) is 9.47. The normalized spacial score (nSPS) is 36.2. The maximum Gasteiger partial charge on any atom is 0.100 e. The minimum atomic E-state index is 0.275. The predicted molar refractivity (Wildman–Crippen MR) is 53.6 cm³/mol. The van der Waals surface area contributed by atoms with Crippen LogP contribution in [0.5, 0.6) is 0 Å². The summed E-state index contributed by atoms with van der Waals surface area (Å²) >= 11 is 0. The Morgan fingerprint density at radius 2 is 1.85 bits per heavy atom. The summed E-state index contributed by atoms with van der Waals surface area (Å²) in [7, 11) is 0. The molecule has 0 radical (unpaired) electrons. The summed E-state index contributed by atoms with van der Waals surface area (Å²) in [6.07, 6.45) is 5.89. The van der Waals surface area contributed by atoms with Crippen molar-refractivity contribution in [3.05, 3.63) is 0 Å². The van der Waals surface area contributed by atoms with E-state index in [2.05, 4.69) is 25.7 Å². The van der Waals surface area contributed by atoms with Gasteiger partial charge in [0.1, 0.15) is 6.73 Å². The molecule has 2 rings (SSSR count). The van der Waals surface area contributed by atoms with Gasteiger partial charge in [-0.3, -0.25) is 4.90 Å². The van der Waals surface area contributed by atoms with Gasteiger partial charge in [-0.25, -0.2) is 0 Å². The maximum atomic E-state index is 5.82. The average Bonchev–Trinajstić information content (AvgIpc) is 2.45. The SMILES string of the molecule is CC(C)(C)N1CO[C@@H]2CCCC[C@@H]21. The smallest absolute Gasteiger partial charge is 0.100 e. The van der Waals surface area contributed by atoms with E-state index in [-0.39, 0.29) is 5.54 Å². The van der Waals surface area contributed by atoms with Crippen LogP contribution in [-0.4, -0.2) is 29.3 Å². The molecule has 0 spiro atoms. The molecule has 2 nitrogen and oxygen atoms in total. The Balaban J connectivity index is 2.07. The highest BCUT2D eigenvalue weighted by Gasteiger charge is 2.41. The van der Waals surface area contributed by atoms with E-state index in [9.17, 15) is 0 Å². The number of nitrogens with zero attached hydrogens (tertiary/aromatic N) is 1. The topological polar surface area (TPSA) is 12.5 Å². The van der Waals surface area contributed by atoms with Gasteiger partial charge in [0.15, 0.2) is 0 Å². The highest BCUT2D eigenvalue weighted by atomic mass is 16.5. The average molecular weight is 183 g/mol. The second-order valence-corrected chi connectivity index (χ2v) is 5.33. The molecule has 1 aliphatic carbocycles. The highest BCUT2D eigenvalue weighted by Crippen LogP contribution is 2.34. The van der Waals surface area contributed by atoms with Gasteiger partial charge in [0, 0.05) is 11.6 Å². The highest BCUT2D eigenvalue weighted by molar-refractivity contribution is 4.92. The predicted octanol–water partition coefficient (Wildman–Crippen LogP) is 2.39. The fraction of sp³-hybridized carbons (Fsp3) is 1.00. The number of hydrogen-bond acceptors (Lipinski definition) is 2. The minimum Gasteiger partial charge on any atom is -0.361 e. The molecule has 1 saturated heterocycles. The molecular weight excluding hydrogens is 162 g/mol. The first kappa shape index (κ1) is 9.47. The van der Waals surface area contributed by atoms with Gasteiger partial charge < -0.3 is 4.74 Å². The van der Waals surface area contributed by atoms with Crippen LogP contribution < -0.4 is 0 Å². The van der Waals surface area contributed by atoms with Gasteiger partial charge in [0.25, 0.3) is 0 Å². The first-order chi connectivity index (χ1) is 6.09. The number of fused-ring (bicyclic) bond motifs is 1. The van der Waals surface area contributed by atoms with Crippen molar-refractivity contribution in [1.82, 2.24) is 4.90 Å². The van der Waals surface area contributed by atoms with Crippen molar-refractivity contribution >= 4 is 0 Å². The molecule has 0 unspecified atom stereocenters. The molecule has 2 fully saturated rings. The van der Waals surface area contributed by atoms with Gasteiger partial charge in [-0.2, -0.15) is 0 Å². The van der Waals surface area contributed by atoms with Crippen LogP contribution in [0, 0.1) is 0 Å². The zero-order valence-electron chi connectivity index (χ0n) is 9.05. The Morgan fingerprint density at radius 1 is 1.15 bits per heavy atom. The molecule has 2 heteroatoms. The van der Waals surface area contributed by atoms with E-state index < -0.39 is 0 Å². The van der Waals surface area contributed by atoms with Crippen LogP contribution in [-0.2, 0) is 4.74 Å². The molecule has 76 valence electrons. The third-order valence-electron chi connectivity index (χ3n) is 3.36. The first-order valence-electron chi connectivity index (χ1n) is 5.47. The van der Waals surface area contributed by atoms with Gasteiger partial charge in [-0.05, 0) is 33.6 Å². The molecule has 1 saturated carbocycles. The Bertz CT molecular complexity index is 185. The van der Waals surface area contributed by atoms with Crippen molar-refractivity contribution in [3.8, 4) is 0 Å². The Morgan fingerprint density at radius 3 is 2.54 bits per heavy atom. The van der Waals surface area contributed by atoms with Crippen LogP contribution in [0.2, 0.25) is 0 Å². The molecule has 1 heterocycles. The van der Waals surface area contributed by atoms with Crippen molar-refractivity contribution in [2.45, 2.75) is 64.1 Å². The van der Waals surface area contributed by atoms with E-state index in [1.54, 1.807) is 0 Å². The zero-order valence-corrected chi connectivity index (χ0v) is 9.05. The lowest BCUT2D eigenvalue weighted by molar-refractivity contribution is 0.0579. The maximum absolute atomic E-state index is 5.82. The van der Waals surface area contributed by atoms with Crippen molar-refractivity contribution < 1.29 is 4.74 Å². The molecular formula is C11H21NO. The Kier molecular flexibility index (Phi) is 2.37. The van der Waals surface area contributed by atoms with Gasteiger partial charge >= 0.3 is 0 Å². The lowest BCUT2D eigenvalue weighted by Gasteiger charge is -2.38. The third kappa shape index (κ3) is 1.75. The van der Waals surface area contributed by atoms with E-state index >= 15 is 0 Å². The Labute approximate surface area is 81.3 Å². The van der Waals surface area contributed by atoms with Gasteiger partial charge in [0.2, 0.25) is 0 Å². The van der Waals surface area contributed by atoms with Crippen molar-refractivity contribution in [2.24, 2.45) is 0 Å². The summed E-state index contributed by atoms with van der Waals surface area (Å²) in [5, 5.41) is 0. The first-order valence-corrected chi connectivity index (χ1v) is 5.47. The van der Waals surface area contributed by atoms with Crippen molar-refractivity contribution in [1.29, 1.82) is 0 Å². The standard InChI is InChI=1S/C11H21NO/c1-11(2,3)12-8-13-10-7-5-4-6-9(10)12/h9-10H,4-8H2,1-3H3/t9-,10+/m0/s1. The lowest BCUT2D eigenvalue weighted by Crippen LogP contribution is -2.47. The van der Waals surface area contributed by atoms with Crippen LogP contribution >= 0.6 is 0 Å². The molecule has 0 aromatic carbocycles. The van der Waals surface area contributed by atoms with Crippen molar-refractivity contribution in [3.63, 3.8) is 0 Å². The molecule has 0 bridgehead atoms. The fourth-order valence-corrected chi connectivity index (χ4v) is 2.59. The van der Waals surface area contributed by atoms with E-state index in [0.29, 0.717) is 12.1 Å². The van der Waals surface area contributed by atoms with E-state index in [1.807, 2.05) is 0 Å². The molecule has 0 N–H and O–H groups in total. The second-order valence-electron chi connectivity index (χ2n) is 5.33. The van der Waals surface area contributed by atoms with Crippen LogP contribution in [0.1, 0.15) is 46.5 Å². The molecule has 2 aliphatic rings. The van der Waals surface area contributed by atoms with Gasteiger partial charge in [0.05, 0.1) is 6.10 Å². The van der Waals surface area contributed by atoms with Crippen LogP contribution in [0.4, 0.5) is 0 Å². The number of rotatable bonds is 0. The summed E-state index contributed by atoms with van der Waals surface area (Å²) < 4.78 is 5.82. The summed E-state index contributed by atoms with van der Waals surface area (Å²) in [4.78, 5) is 2.52. The number of hydrogen-bond donors (Lipinski definition) is 0. The summed E-state index contributed by atoms with van der Waals surface area (Å²) in [5.74, 6) is 0. The summed E-state index contributed by atoms with van der Waals surface area (Å²) in [6.45, 7) is 7.70. The van der Waals surface area contributed by atoms with Gasteiger partial charge in [-0.15, -0.1) is 0 Å². The summed E-state index contributed by atoms with van der Waals surface area (Å²) in [6, 6.07) is 0.703. The summed E-state index contributed by atoms with van der Waals surface area (Å²) in [5.41, 5.74) is 0.275. The monoisotopic (exact) mass is 183 g/mol.